The maximum absolute atomic E-state index is 12.7. The molecule has 0 aromatic heterocycles. The van der Waals surface area contributed by atoms with Crippen LogP contribution < -0.4 is 4.52 Å². The van der Waals surface area contributed by atoms with E-state index in [0.29, 0.717) is 25.6 Å². The van der Waals surface area contributed by atoms with Crippen LogP contribution in [0, 0.1) is 0 Å². The van der Waals surface area contributed by atoms with Crippen molar-refractivity contribution in [3.63, 3.8) is 0 Å². The van der Waals surface area contributed by atoms with Gasteiger partial charge in [0, 0.05) is 13.2 Å². The van der Waals surface area contributed by atoms with E-state index >= 15 is 0 Å². The largest absolute Gasteiger partial charge is 0.424 e. The first kappa shape index (κ1) is 17.2. The van der Waals surface area contributed by atoms with E-state index in [1.54, 1.807) is 19.1 Å². The number of hydrogen-bond acceptors (Lipinski definition) is 5. The van der Waals surface area contributed by atoms with Gasteiger partial charge in [-0.05, 0) is 32.9 Å². The van der Waals surface area contributed by atoms with Crippen molar-refractivity contribution in [2.75, 3.05) is 26.0 Å². The molecule has 20 heavy (non-hydrogen) atoms. The van der Waals surface area contributed by atoms with Gasteiger partial charge in [0.1, 0.15) is 11.9 Å². The van der Waals surface area contributed by atoms with Crippen molar-refractivity contribution >= 4 is 7.60 Å². The smallest absolute Gasteiger partial charge is 0.384 e. The minimum absolute atomic E-state index is 0.0669. The maximum Gasteiger partial charge on any atom is 0.384 e. The topological polar surface area (TPSA) is 54.0 Å². The third-order valence-corrected chi connectivity index (χ3v) is 4.28. The average Bonchev–Trinajstić information content (AvgIpc) is 2.40. The van der Waals surface area contributed by atoms with Crippen molar-refractivity contribution in [1.82, 2.24) is 0 Å². The summed E-state index contributed by atoms with van der Waals surface area (Å²) in [7, 11) is -3.31. The summed E-state index contributed by atoms with van der Waals surface area (Å²) in [5, 5.41) is 0. The van der Waals surface area contributed by atoms with Gasteiger partial charge in [0.25, 0.3) is 0 Å². The number of rotatable bonds is 10. The Bertz CT molecular complexity index is 403. The minimum atomic E-state index is -3.31. The molecular formula is C14H23O5P. The molecule has 0 bridgehead atoms. The number of para-hydroxylation sites is 1. The lowest BCUT2D eigenvalue weighted by Gasteiger charge is -2.23. The van der Waals surface area contributed by atoms with Gasteiger partial charge in [0.15, 0.2) is 6.29 Å². The van der Waals surface area contributed by atoms with E-state index in [0.717, 1.165) is 0 Å². The third-order valence-electron chi connectivity index (χ3n) is 2.39. The van der Waals surface area contributed by atoms with E-state index in [4.69, 9.17) is 18.5 Å². The summed E-state index contributed by atoms with van der Waals surface area (Å²) >= 11 is 0. The fourth-order valence-corrected chi connectivity index (χ4v) is 3.31. The van der Waals surface area contributed by atoms with Gasteiger partial charge in [-0.15, -0.1) is 0 Å². The molecule has 6 heteroatoms. The molecule has 0 aliphatic heterocycles. The summed E-state index contributed by atoms with van der Waals surface area (Å²) in [6, 6.07) is 8.97. The molecule has 1 unspecified atom stereocenters. The first-order valence-electron chi connectivity index (χ1n) is 6.85. The van der Waals surface area contributed by atoms with Gasteiger partial charge >= 0.3 is 7.60 Å². The monoisotopic (exact) mass is 302 g/mol. The molecule has 0 fully saturated rings. The summed E-state index contributed by atoms with van der Waals surface area (Å²) in [5.74, 6) is 0.510. The van der Waals surface area contributed by atoms with Gasteiger partial charge < -0.3 is 14.0 Å². The van der Waals surface area contributed by atoms with Gasteiger partial charge in [-0.1, -0.05) is 18.2 Å². The minimum Gasteiger partial charge on any atom is -0.424 e. The molecule has 0 heterocycles. The zero-order valence-electron chi connectivity index (χ0n) is 12.3. The SMILES string of the molecule is CCOC(CP(=O)(OCC)Oc1ccccc1)OCC. The fraction of sp³-hybridized carbons (Fsp3) is 0.571. The standard InChI is InChI=1S/C14H23O5P/c1-4-16-14(17-5-2)12-20(15,18-6-3)19-13-10-8-7-9-11-13/h7-11,14H,4-6,12H2,1-3H3. The molecule has 1 aromatic rings. The zero-order chi connectivity index (χ0) is 14.8. The Hall–Kier alpha value is -0.870. The molecule has 0 aliphatic carbocycles. The maximum atomic E-state index is 12.7. The molecule has 5 nitrogen and oxygen atoms in total. The summed E-state index contributed by atoms with van der Waals surface area (Å²) < 4.78 is 34.4. The van der Waals surface area contributed by atoms with Crippen molar-refractivity contribution in [3.8, 4) is 5.75 Å². The highest BCUT2D eigenvalue weighted by molar-refractivity contribution is 7.54. The fourth-order valence-electron chi connectivity index (χ4n) is 1.66. The second kappa shape index (κ2) is 9.14. The van der Waals surface area contributed by atoms with Gasteiger partial charge in [0.2, 0.25) is 0 Å². The normalized spacial score (nSPS) is 14.2. The van der Waals surface area contributed by atoms with Crippen LogP contribution in [0.15, 0.2) is 30.3 Å². The second-order valence-electron chi connectivity index (χ2n) is 3.96. The van der Waals surface area contributed by atoms with E-state index in [1.165, 1.54) is 0 Å². The van der Waals surface area contributed by atoms with E-state index in [1.807, 2.05) is 32.0 Å². The Morgan fingerprint density at radius 2 is 1.60 bits per heavy atom. The predicted octanol–water partition coefficient (Wildman–Crippen LogP) is 3.69. The molecular weight excluding hydrogens is 279 g/mol. The summed E-state index contributed by atoms with van der Waals surface area (Å²) in [6.45, 7) is 6.74. The van der Waals surface area contributed by atoms with Crippen molar-refractivity contribution in [2.45, 2.75) is 27.1 Å². The molecule has 0 spiro atoms. The van der Waals surface area contributed by atoms with Crippen molar-refractivity contribution < 1.29 is 23.1 Å². The summed E-state index contributed by atoms with van der Waals surface area (Å²) in [5.41, 5.74) is 0. The van der Waals surface area contributed by atoms with Crippen LogP contribution in [0.5, 0.6) is 5.75 Å². The van der Waals surface area contributed by atoms with E-state index in [-0.39, 0.29) is 6.16 Å². The number of benzene rings is 1. The number of hydrogen-bond donors (Lipinski definition) is 0. The molecule has 1 aromatic carbocycles. The van der Waals surface area contributed by atoms with Crippen LogP contribution in [0.3, 0.4) is 0 Å². The number of ether oxygens (including phenoxy) is 2. The lowest BCUT2D eigenvalue weighted by molar-refractivity contribution is -0.122. The molecule has 0 aliphatic rings. The van der Waals surface area contributed by atoms with Crippen LogP contribution in [-0.2, 0) is 18.6 Å². The molecule has 114 valence electrons. The Kier molecular flexibility index (Phi) is 7.85. The lowest BCUT2D eigenvalue weighted by atomic mass is 10.3. The van der Waals surface area contributed by atoms with Crippen molar-refractivity contribution in [2.24, 2.45) is 0 Å². The van der Waals surface area contributed by atoms with Crippen molar-refractivity contribution in [1.29, 1.82) is 0 Å². The molecule has 0 saturated carbocycles. The van der Waals surface area contributed by atoms with Crippen molar-refractivity contribution in [3.05, 3.63) is 30.3 Å². The third kappa shape index (κ3) is 6.06. The van der Waals surface area contributed by atoms with Crippen LogP contribution in [0.4, 0.5) is 0 Å². The second-order valence-corrected chi connectivity index (χ2v) is 5.98. The molecule has 0 radical (unpaired) electrons. The van der Waals surface area contributed by atoms with Gasteiger partial charge in [-0.2, -0.15) is 0 Å². The van der Waals surface area contributed by atoms with Crippen LogP contribution in [-0.4, -0.2) is 32.3 Å². The van der Waals surface area contributed by atoms with Crippen LogP contribution >= 0.6 is 7.60 Å². The first-order valence-corrected chi connectivity index (χ1v) is 8.57. The first-order chi connectivity index (χ1) is 9.63. The van der Waals surface area contributed by atoms with E-state index in [9.17, 15) is 4.57 Å². The van der Waals surface area contributed by atoms with E-state index < -0.39 is 13.9 Å². The van der Waals surface area contributed by atoms with Gasteiger partial charge in [-0.3, -0.25) is 4.52 Å². The van der Waals surface area contributed by atoms with Crippen LogP contribution in [0.2, 0.25) is 0 Å². The Morgan fingerprint density at radius 3 is 2.10 bits per heavy atom. The molecule has 1 atom stereocenters. The Morgan fingerprint density at radius 1 is 1.00 bits per heavy atom. The van der Waals surface area contributed by atoms with Gasteiger partial charge in [0.05, 0.1) is 6.61 Å². The summed E-state index contributed by atoms with van der Waals surface area (Å²) in [4.78, 5) is 0. The molecule has 0 N–H and O–H groups in total. The molecule has 0 saturated heterocycles. The molecule has 1 rings (SSSR count). The predicted molar refractivity (Wildman–Crippen MR) is 78.2 cm³/mol. The Balaban J connectivity index is 2.76. The highest BCUT2D eigenvalue weighted by atomic mass is 31.2. The van der Waals surface area contributed by atoms with Gasteiger partial charge in [-0.25, -0.2) is 4.57 Å². The Labute approximate surface area is 120 Å². The average molecular weight is 302 g/mol. The highest BCUT2D eigenvalue weighted by Crippen LogP contribution is 2.49. The molecule has 0 amide bonds. The zero-order valence-corrected chi connectivity index (χ0v) is 13.2. The lowest BCUT2D eigenvalue weighted by Crippen LogP contribution is -2.23. The van der Waals surface area contributed by atoms with Crippen LogP contribution in [0.25, 0.3) is 0 Å². The quantitative estimate of drug-likeness (QED) is 0.487. The summed E-state index contributed by atoms with van der Waals surface area (Å²) in [6.07, 6.45) is -0.525. The van der Waals surface area contributed by atoms with Crippen LogP contribution in [0.1, 0.15) is 20.8 Å². The highest BCUT2D eigenvalue weighted by Gasteiger charge is 2.31. The van der Waals surface area contributed by atoms with E-state index in [2.05, 4.69) is 0 Å².